The van der Waals surface area contributed by atoms with Crippen molar-refractivity contribution in [1.82, 2.24) is 4.90 Å². The maximum Gasteiger partial charge on any atom is 0.269 e. The zero-order valence-electron chi connectivity index (χ0n) is 22.0. The summed E-state index contributed by atoms with van der Waals surface area (Å²) in [5.74, 6) is -2.45. The number of ether oxygens (including phenoxy) is 1. The average molecular weight is 530 g/mol. The number of nitrogens with two attached hydrogens (primary N) is 1. The molecule has 0 aromatic heterocycles. The minimum absolute atomic E-state index is 0.00996. The molecule has 202 valence electrons. The lowest BCUT2D eigenvalue weighted by Gasteiger charge is -2.31. The van der Waals surface area contributed by atoms with Crippen LogP contribution in [0.5, 0.6) is 5.75 Å². The average Bonchev–Trinajstić information content (AvgIpc) is 3.29. The van der Waals surface area contributed by atoms with Gasteiger partial charge in [0.25, 0.3) is 5.69 Å². The number of nitro benzene ring substituents is 1. The van der Waals surface area contributed by atoms with Gasteiger partial charge in [0.05, 0.1) is 24.0 Å². The Kier molecular flexibility index (Phi) is 8.09. The molecule has 2 amide bonds. The molecule has 3 aromatic carbocycles. The second-order valence-electron chi connectivity index (χ2n) is 10.1. The number of ketones is 1. The third-order valence-corrected chi connectivity index (χ3v) is 7.14. The molecule has 2 N–H and O–H groups in total. The lowest BCUT2D eigenvalue weighted by atomic mass is 9.76. The molecule has 1 saturated heterocycles. The van der Waals surface area contributed by atoms with Gasteiger partial charge < -0.3 is 15.4 Å². The van der Waals surface area contributed by atoms with Gasteiger partial charge in [-0.2, -0.15) is 0 Å². The summed E-state index contributed by atoms with van der Waals surface area (Å²) in [6.07, 6.45) is 0.148. The number of carbonyl (C=O) groups excluding carboxylic acids is 3. The highest BCUT2D eigenvalue weighted by atomic mass is 16.6. The van der Waals surface area contributed by atoms with Crippen LogP contribution in [0.25, 0.3) is 0 Å². The number of amides is 2. The fraction of sp³-hybridized carbons (Fsp3) is 0.300. The van der Waals surface area contributed by atoms with E-state index in [-0.39, 0.29) is 29.7 Å². The molecule has 4 unspecified atom stereocenters. The molecule has 1 heterocycles. The number of hydrogen-bond acceptors (Lipinski definition) is 6. The van der Waals surface area contributed by atoms with Crippen LogP contribution >= 0.6 is 0 Å². The topological polar surface area (TPSA) is 133 Å². The highest BCUT2D eigenvalue weighted by molar-refractivity contribution is 6.01. The second kappa shape index (κ2) is 11.5. The predicted octanol–water partition coefficient (Wildman–Crippen LogP) is 4.67. The lowest BCUT2D eigenvalue weighted by Crippen LogP contribution is -2.47. The van der Waals surface area contributed by atoms with E-state index in [1.807, 2.05) is 13.8 Å². The SMILES string of the molecule is COc1ccc(C2C(C(=O)c3ccccc3)C(c3ccc([N+](=O)[O-])cc3)C(C(N)=O)N2C(=O)CC(C)C)cc1. The minimum atomic E-state index is -1.15. The molecule has 1 aliphatic rings. The molecule has 1 fully saturated rings. The fourth-order valence-corrected chi connectivity index (χ4v) is 5.47. The van der Waals surface area contributed by atoms with Crippen LogP contribution in [0, 0.1) is 22.0 Å². The maximum atomic E-state index is 14.2. The number of methoxy groups -OCH3 is 1. The summed E-state index contributed by atoms with van der Waals surface area (Å²) in [6, 6.07) is 19.5. The normalized spacial score (nSPS) is 20.6. The monoisotopic (exact) mass is 529 g/mol. The largest absolute Gasteiger partial charge is 0.497 e. The van der Waals surface area contributed by atoms with Gasteiger partial charge in [-0.3, -0.25) is 24.5 Å². The van der Waals surface area contributed by atoms with Crippen molar-refractivity contribution in [3.8, 4) is 5.75 Å². The van der Waals surface area contributed by atoms with Crippen molar-refractivity contribution in [2.24, 2.45) is 17.6 Å². The van der Waals surface area contributed by atoms with Crippen LogP contribution in [0.2, 0.25) is 0 Å². The third-order valence-electron chi connectivity index (χ3n) is 7.14. The Balaban J connectivity index is 1.97. The Morgan fingerprint density at radius 3 is 2.05 bits per heavy atom. The van der Waals surface area contributed by atoms with E-state index in [0.29, 0.717) is 22.4 Å². The minimum Gasteiger partial charge on any atom is -0.497 e. The molecule has 0 bridgehead atoms. The Labute approximate surface area is 226 Å². The molecule has 0 saturated carbocycles. The molecule has 0 aliphatic carbocycles. The van der Waals surface area contributed by atoms with Crippen LogP contribution in [-0.4, -0.2) is 40.6 Å². The molecule has 4 atom stereocenters. The van der Waals surface area contributed by atoms with E-state index in [1.54, 1.807) is 61.7 Å². The van der Waals surface area contributed by atoms with Crippen molar-refractivity contribution in [2.45, 2.75) is 38.3 Å². The molecule has 9 nitrogen and oxygen atoms in total. The summed E-state index contributed by atoms with van der Waals surface area (Å²) >= 11 is 0. The number of Topliss-reactive ketones (excluding diaryl/α,β-unsaturated/α-hetero) is 1. The van der Waals surface area contributed by atoms with E-state index in [2.05, 4.69) is 0 Å². The highest BCUT2D eigenvalue weighted by Crippen LogP contribution is 2.51. The first-order valence-corrected chi connectivity index (χ1v) is 12.7. The number of hydrogen-bond donors (Lipinski definition) is 1. The predicted molar refractivity (Wildman–Crippen MR) is 145 cm³/mol. The zero-order chi connectivity index (χ0) is 28.3. The van der Waals surface area contributed by atoms with Gasteiger partial charge in [0.15, 0.2) is 5.78 Å². The fourth-order valence-electron chi connectivity index (χ4n) is 5.47. The van der Waals surface area contributed by atoms with Gasteiger partial charge in [-0.25, -0.2) is 0 Å². The Bertz CT molecular complexity index is 1360. The number of rotatable bonds is 9. The van der Waals surface area contributed by atoms with Gasteiger partial charge in [-0.1, -0.05) is 68.4 Å². The number of primary amides is 1. The van der Waals surface area contributed by atoms with E-state index in [1.165, 1.54) is 29.2 Å². The lowest BCUT2D eigenvalue weighted by molar-refractivity contribution is -0.384. The third kappa shape index (κ3) is 5.52. The van der Waals surface area contributed by atoms with Crippen molar-refractivity contribution in [3.05, 3.63) is 106 Å². The van der Waals surface area contributed by atoms with Gasteiger partial charge in [-0.15, -0.1) is 0 Å². The summed E-state index contributed by atoms with van der Waals surface area (Å²) in [6.45, 7) is 3.80. The van der Waals surface area contributed by atoms with Crippen LogP contribution in [0.3, 0.4) is 0 Å². The molecular weight excluding hydrogens is 498 g/mol. The van der Waals surface area contributed by atoms with E-state index in [0.717, 1.165) is 0 Å². The van der Waals surface area contributed by atoms with Gasteiger partial charge in [0.1, 0.15) is 11.8 Å². The molecule has 0 spiro atoms. The van der Waals surface area contributed by atoms with Crippen molar-refractivity contribution >= 4 is 23.3 Å². The summed E-state index contributed by atoms with van der Waals surface area (Å²) < 4.78 is 5.31. The van der Waals surface area contributed by atoms with E-state index >= 15 is 0 Å². The smallest absolute Gasteiger partial charge is 0.269 e. The van der Waals surface area contributed by atoms with Crippen LogP contribution in [-0.2, 0) is 9.59 Å². The standard InChI is InChI=1S/C30H31N3O6/c1-18(2)17-24(34)32-27(20-11-15-23(39-3)16-12-20)26(29(35)21-7-5-4-6-8-21)25(28(32)30(31)36)19-9-13-22(14-10-19)33(37)38/h4-16,18,25-28H,17H2,1-3H3,(H2,31,36). The number of non-ortho nitro benzene ring substituents is 1. The molecule has 9 heteroatoms. The van der Waals surface area contributed by atoms with Gasteiger partial charge in [0.2, 0.25) is 11.8 Å². The van der Waals surface area contributed by atoms with Crippen molar-refractivity contribution < 1.29 is 24.0 Å². The molecule has 1 aliphatic heterocycles. The molecular formula is C30H31N3O6. The number of nitrogens with zero attached hydrogens (tertiary/aromatic N) is 2. The van der Waals surface area contributed by atoms with Crippen molar-refractivity contribution in [1.29, 1.82) is 0 Å². The first-order chi connectivity index (χ1) is 18.6. The van der Waals surface area contributed by atoms with Crippen molar-refractivity contribution in [2.75, 3.05) is 7.11 Å². The van der Waals surface area contributed by atoms with Crippen LogP contribution in [0.1, 0.15) is 53.7 Å². The Hall–Kier alpha value is -4.53. The van der Waals surface area contributed by atoms with Crippen LogP contribution in [0.4, 0.5) is 5.69 Å². The molecule has 0 radical (unpaired) electrons. The number of nitro groups is 1. The van der Waals surface area contributed by atoms with Crippen LogP contribution < -0.4 is 10.5 Å². The summed E-state index contributed by atoms with van der Waals surface area (Å²) in [5, 5.41) is 11.3. The van der Waals surface area contributed by atoms with Gasteiger partial charge in [0, 0.05) is 30.0 Å². The Morgan fingerprint density at radius 2 is 1.54 bits per heavy atom. The number of benzene rings is 3. The van der Waals surface area contributed by atoms with Gasteiger partial charge in [-0.05, 0) is 29.2 Å². The Morgan fingerprint density at radius 1 is 0.949 bits per heavy atom. The number of carbonyl (C=O) groups is 3. The molecule has 3 aromatic rings. The van der Waals surface area contributed by atoms with E-state index in [9.17, 15) is 24.5 Å². The van der Waals surface area contributed by atoms with Crippen molar-refractivity contribution in [3.63, 3.8) is 0 Å². The first kappa shape index (κ1) is 27.5. The van der Waals surface area contributed by atoms with Crippen LogP contribution in [0.15, 0.2) is 78.9 Å². The molecule has 4 rings (SSSR count). The van der Waals surface area contributed by atoms with E-state index < -0.39 is 34.7 Å². The summed E-state index contributed by atoms with van der Waals surface area (Å²) in [5.41, 5.74) is 7.44. The highest BCUT2D eigenvalue weighted by Gasteiger charge is 2.56. The maximum absolute atomic E-state index is 14.2. The summed E-state index contributed by atoms with van der Waals surface area (Å²) in [7, 11) is 1.54. The summed E-state index contributed by atoms with van der Waals surface area (Å²) in [4.78, 5) is 53.4. The second-order valence-corrected chi connectivity index (χ2v) is 10.1. The van der Waals surface area contributed by atoms with E-state index in [4.69, 9.17) is 10.5 Å². The number of likely N-dealkylation sites (tertiary alicyclic amines) is 1. The zero-order valence-corrected chi connectivity index (χ0v) is 22.0. The van der Waals surface area contributed by atoms with Gasteiger partial charge >= 0.3 is 0 Å². The molecule has 39 heavy (non-hydrogen) atoms. The first-order valence-electron chi connectivity index (χ1n) is 12.7. The quantitative estimate of drug-likeness (QED) is 0.243.